The van der Waals surface area contributed by atoms with Gasteiger partial charge in [0.15, 0.2) is 0 Å². The number of ether oxygens (including phenoxy) is 2. The number of likely N-dealkylation sites (tertiary alicyclic amines) is 1. The molecule has 0 saturated carbocycles. The summed E-state index contributed by atoms with van der Waals surface area (Å²) in [4.78, 5) is 12.7. The average Bonchev–Trinajstić information content (AvgIpc) is 2.65. The van der Waals surface area contributed by atoms with Gasteiger partial charge in [0, 0.05) is 33.2 Å². The lowest BCUT2D eigenvalue weighted by atomic mass is 10.2. The second kappa shape index (κ2) is 7.60. The highest BCUT2D eigenvalue weighted by molar-refractivity contribution is 5.74. The lowest BCUT2D eigenvalue weighted by Crippen LogP contribution is -2.37. The minimum Gasteiger partial charge on any atom is -0.480 e. The van der Waals surface area contributed by atoms with E-state index in [1.54, 1.807) is 12.0 Å². The van der Waals surface area contributed by atoms with Gasteiger partial charge < -0.3 is 19.7 Å². The molecule has 1 fully saturated rings. The fourth-order valence-corrected chi connectivity index (χ4v) is 2.00. The standard InChI is InChI=1S/C11H21NO5/c1-16-5-6-17-4-2-3-12-8-9(13)7-10(12)11(14)15/h9-10,13H,2-8H2,1H3,(H,14,15). The predicted octanol–water partition coefficient (Wildman–Crippen LogP) is -0.441. The number of aliphatic hydroxyl groups excluding tert-OH is 1. The third kappa shape index (κ3) is 4.99. The maximum Gasteiger partial charge on any atom is 0.321 e. The summed E-state index contributed by atoms with van der Waals surface area (Å²) in [5.41, 5.74) is 0. The molecule has 1 aliphatic rings. The van der Waals surface area contributed by atoms with Crippen molar-refractivity contribution in [2.75, 3.05) is 40.0 Å². The van der Waals surface area contributed by atoms with E-state index in [0.29, 0.717) is 39.3 Å². The minimum atomic E-state index is -0.859. The number of hydrogen-bond acceptors (Lipinski definition) is 5. The second-order valence-corrected chi connectivity index (χ2v) is 4.20. The van der Waals surface area contributed by atoms with Gasteiger partial charge in [0.1, 0.15) is 6.04 Å². The monoisotopic (exact) mass is 247 g/mol. The zero-order valence-corrected chi connectivity index (χ0v) is 10.2. The molecular formula is C11H21NO5. The van der Waals surface area contributed by atoms with E-state index in [4.69, 9.17) is 14.6 Å². The smallest absolute Gasteiger partial charge is 0.321 e. The number of hydrogen-bond donors (Lipinski definition) is 2. The molecule has 1 aliphatic heterocycles. The molecule has 1 heterocycles. The molecule has 100 valence electrons. The van der Waals surface area contributed by atoms with Crippen LogP contribution in [0.2, 0.25) is 0 Å². The van der Waals surface area contributed by atoms with Crippen LogP contribution in [-0.4, -0.2) is 73.2 Å². The van der Waals surface area contributed by atoms with Gasteiger partial charge in [-0.2, -0.15) is 0 Å². The van der Waals surface area contributed by atoms with Gasteiger partial charge in [-0.25, -0.2) is 0 Å². The van der Waals surface area contributed by atoms with Crippen LogP contribution in [0.15, 0.2) is 0 Å². The summed E-state index contributed by atoms with van der Waals surface area (Å²) in [6.07, 6.45) is 0.561. The zero-order chi connectivity index (χ0) is 12.7. The number of carboxylic acids is 1. The zero-order valence-electron chi connectivity index (χ0n) is 10.2. The van der Waals surface area contributed by atoms with Crippen LogP contribution < -0.4 is 0 Å². The molecule has 1 rings (SSSR count). The summed E-state index contributed by atoms with van der Waals surface area (Å²) in [6, 6.07) is -0.552. The lowest BCUT2D eigenvalue weighted by molar-refractivity contribution is -0.142. The predicted molar refractivity (Wildman–Crippen MR) is 60.9 cm³/mol. The molecule has 0 bridgehead atoms. The van der Waals surface area contributed by atoms with Gasteiger partial charge in [-0.1, -0.05) is 0 Å². The molecule has 0 aromatic heterocycles. The molecular weight excluding hydrogens is 226 g/mol. The number of nitrogens with zero attached hydrogens (tertiary/aromatic N) is 1. The molecule has 0 aliphatic carbocycles. The van der Waals surface area contributed by atoms with Crippen molar-refractivity contribution < 1.29 is 24.5 Å². The Bertz CT molecular complexity index is 236. The summed E-state index contributed by atoms with van der Waals surface area (Å²) < 4.78 is 10.1. The molecule has 0 aromatic carbocycles. The first-order valence-corrected chi connectivity index (χ1v) is 5.86. The summed E-state index contributed by atoms with van der Waals surface area (Å²) in [5, 5.41) is 18.4. The summed E-state index contributed by atoms with van der Waals surface area (Å²) in [6.45, 7) is 2.79. The van der Waals surface area contributed by atoms with E-state index >= 15 is 0 Å². The maximum atomic E-state index is 10.9. The number of carboxylic acid groups (broad SMARTS) is 1. The van der Waals surface area contributed by atoms with Crippen molar-refractivity contribution in [2.45, 2.75) is 25.0 Å². The highest BCUT2D eigenvalue weighted by Crippen LogP contribution is 2.18. The Balaban J connectivity index is 2.15. The van der Waals surface area contributed by atoms with Crippen LogP contribution in [0.5, 0.6) is 0 Å². The largest absolute Gasteiger partial charge is 0.480 e. The highest BCUT2D eigenvalue weighted by atomic mass is 16.5. The molecule has 6 heteroatoms. The number of methoxy groups -OCH3 is 1. The number of β-amino-alcohol motifs (C(OH)–C–C–N with tert-alkyl or cyclic N) is 1. The summed E-state index contributed by atoms with van der Waals surface area (Å²) >= 11 is 0. The normalized spacial score (nSPS) is 25.3. The van der Waals surface area contributed by atoms with Crippen molar-refractivity contribution in [1.29, 1.82) is 0 Å². The Labute approximate surface area is 101 Å². The fraction of sp³-hybridized carbons (Fsp3) is 0.909. The van der Waals surface area contributed by atoms with Gasteiger partial charge in [0.25, 0.3) is 0 Å². The van der Waals surface area contributed by atoms with E-state index < -0.39 is 18.1 Å². The van der Waals surface area contributed by atoms with Gasteiger partial charge in [-0.3, -0.25) is 9.69 Å². The molecule has 2 atom stereocenters. The van der Waals surface area contributed by atoms with E-state index in [0.717, 1.165) is 6.42 Å². The van der Waals surface area contributed by atoms with Crippen LogP contribution in [-0.2, 0) is 14.3 Å². The van der Waals surface area contributed by atoms with Gasteiger partial charge in [0.2, 0.25) is 0 Å². The van der Waals surface area contributed by atoms with Crippen LogP contribution >= 0.6 is 0 Å². The molecule has 6 nitrogen and oxygen atoms in total. The highest BCUT2D eigenvalue weighted by Gasteiger charge is 2.35. The Morgan fingerprint density at radius 2 is 2.18 bits per heavy atom. The third-order valence-electron chi connectivity index (χ3n) is 2.83. The molecule has 0 amide bonds. The minimum absolute atomic E-state index is 0.319. The maximum absolute atomic E-state index is 10.9. The fourth-order valence-electron chi connectivity index (χ4n) is 2.00. The quantitative estimate of drug-likeness (QED) is 0.566. The SMILES string of the molecule is COCCOCCCN1CC(O)CC1C(=O)O. The number of aliphatic hydroxyl groups is 1. The van der Waals surface area contributed by atoms with Crippen molar-refractivity contribution in [1.82, 2.24) is 4.90 Å². The van der Waals surface area contributed by atoms with Crippen LogP contribution in [0.3, 0.4) is 0 Å². The van der Waals surface area contributed by atoms with Crippen LogP contribution in [0, 0.1) is 0 Å². The lowest BCUT2D eigenvalue weighted by Gasteiger charge is -2.20. The van der Waals surface area contributed by atoms with Crippen LogP contribution in [0.1, 0.15) is 12.8 Å². The Morgan fingerprint density at radius 1 is 1.41 bits per heavy atom. The first kappa shape index (κ1) is 14.4. The summed E-state index contributed by atoms with van der Waals surface area (Å²) in [7, 11) is 1.62. The molecule has 1 saturated heterocycles. The third-order valence-corrected chi connectivity index (χ3v) is 2.83. The van der Waals surface area contributed by atoms with Crippen molar-refractivity contribution >= 4 is 5.97 Å². The molecule has 17 heavy (non-hydrogen) atoms. The van der Waals surface area contributed by atoms with Crippen molar-refractivity contribution in [2.24, 2.45) is 0 Å². The van der Waals surface area contributed by atoms with E-state index in [1.165, 1.54) is 0 Å². The molecule has 2 N–H and O–H groups in total. The van der Waals surface area contributed by atoms with E-state index in [-0.39, 0.29) is 0 Å². The van der Waals surface area contributed by atoms with E-state index in [2.05, 4.69) is 0 Å². The Kier molecular flexibility index (Phi) is 6.43. The van der Waals surface area contributed by atoms with Gasteiger partial charge in [0.05, 0.1) is 19.3 Å². The Morgan fingerprint density at radius 3 is 2.82 bits per heavy atom. The first-order valence-electron chi connectivity index (χ1n) is 5.86. The van der Waals surface area contributed by atoms with E-state index in [1.807, 2.05) is 0 Å². The van der Waals surface area contributed by atoms with E-state index in [9.17, 15) is 9.90 Å². The van der Waals surface area contributed by atoms with Gasteiger partial charge in [-0.15, -0.1) is 0 Å². The molecule has 0 radical (unpaired) electrons. The first-order chi connectivity index (χ1) is 8.15. The van der Waals surface area contributed by atoms with Crippen LogP contribution in [0.4, 0.5) is 0 Å². The molecule has 0 spiro atoms. The average molecular weight is 247 g/mol. The number of aliphatic carboxylic acids is 1. The summed E-state index contributed by atoms with van der Waals surface area (Å²) in [5.74, 6) is -0.859. The van der Waals surface area contributed by atoms with Crippen molar-refractivity contribution in [3.8, 4) is 0 Å². The topological polar surface area (TPSA) is 79.2 Å². The van der Waals surface area contributed by atoms with Crippen LogP contribution in [0.25, 0.3) is 0 Å². The molecule has 2 unspecified atom stereocenters. The number of carbonyl (C=O) groups is 1. The second-order valence-electron chi connectivity index (χ2n) is 4.20. The molecule has 0 aromatic rings. The Hall–Kier alpha value is -0.690. The van der Waals surface area contributed by atoms with Gasteiger partial charge in [-0.05, 0) is 6.42 Å². The van der Waals surface area contributed by atoms with Crippen molar-refractivity contribution in [3.63, 3.8) is 0 Å². The number of rotatable bonds is 8. The van der Waals surface area contributed by atoms with Gasteiger partial charge >= 0.3 is 5.97 Å². The van der Waals surface area contributed by atoms with Crippen molar-refractivity contribution in [3.05, 3.63) is 0 Å².